The second kappa shape index (κ2) is 3.93. The van der Waals surface area contributed by atoms with Gasteiger partial charge in [-0.1, -0.05) is 0 Å². The Hall–Kier alpha value is 0.180. The highest BCUT2D eigenvalue weighted by molar-refractivity contribution is 14.1. The molecule has 0 N–H and O–H groups in total. The Balaban J connectivity index is 3.43. The molecule has 0 radical (unpaired) electrons. The fourth-order valence-corrected chi connectivity index (χ4v) is 2.04. The van der Waals surface area contributed by atoms with Crippen LogP contribution in [0.15, 0.2) is 21.5 Å². The van der Waals surface area contributed by atoms with Crippen molar-refractivity contribution in [3.63, 3.8) is 0 Å². The van der Waals surface area contributed by atoms with E-state index in [0.717, 1.165) is 3.57 Å². The van der Waals surface area contributed by atoms with Crippen LogP contribution in [0.25, 0.3) is 0 Å². The number of nitro groups is 1. The van der Waals surface area contributed by atoms with E-state index in [2.05, 4.69) is 28.6 Å². The monoisotopic (exact) mass is 359 g/mol. The number of hydrogen-bond donors (Lipinski definition) is 1. The second-order valence-electron chi connectivity index (χ2n) is 1.98. The Morgan fingerprint density at radius 3 is 2.58 bits per heavy atom. The molecule has 0 amide bonds. The first kappa shape index (κ1) is 10.3. The van der Waals surface area contributed by atoms with Gasteiger partial charge in [-0.3, -0.25) is 10.1 Å². The van der Waals surface area contributed by atoms with E-state index < -0.39 is 4.92 Å². The SMILES string of the molecule is O=[N+]([O-])c1c(Br)ccc(I)c1S. The molecule has 6 heteroatoms. The summed E-state index contributed by atoms with van der Waals surface area (Å²) in [5, 5.41) is 10.5. The van der Waals surface area contributed by atoms with Gasteiger partial charge < -0.3 is 0 Å². The van der Waals surface area contributed by atoms with Crippen molar-refractivity contribution in [3.8, 4) is 0 Å². The normalized spacial score (nSPS) is 9.92. The predicted molar refractivity (Wildman–Crippen MR) is 60.8 cm³/mol. The molecule has 0 atom stereocenters. The molecule has 1 aromatic carbocycles. The number of hydrogen-bond acceptors (Lipinski definition) is 3. The summed E-state index contributed by atoms with van der Waals surface area (Å²) in [5.74, 6) is 0. The molecule has 0 aliphatic rings. The zero-order valence-corrected chi connectivity index (χ0v) is 10.3. The van der Waals surface area contributed by atoms with Crippen LogP contribution in [0.3, 0.4) is 0 Å². The number of halogens is 2. The number of nitrogens with zero attached hydrogens (tertiary/aromatic N) is 1. The molecule has 0 bridgehead atoms. The summed E-state index contributed by atoms with van der Waals surface area (Å²) in [7, 11) is 0. The summed E-state index contributed by atoms with van der Waals surface area (Å²) in [5.41, 5.74) is 0.0187. The van der Waals surface area contributed by atoms with Gasteiger partial charge in [0, 0.05) is 3.57 Å². The van der Waals surface area contributed by atoms with Gasteiger partial charge in [0.15, 0.2) is 0 Å². The molecule has 12 heavy (non-hydrogen) atoms. The summed E-state index contributed by atoms with van der Waals surface area (Å²) in [6.45, 7) is 0. The minimum atomic E-state index is -0.450. The molecule has 0 spiro atoms. The van der Waals surface area contributed by atoms with Crippen LogP contribution >= 0.6 is 51.1 Å². The molecular formula is C6H3BrINO2S. The lowest BCUT2D eigenvalue weighted by molar-refractivity contribution is -0.388. The van der Waals surface area contributed by atoms with Crippen molar-refractivity contribution < 1.29 is 4.92 Å². The first-order chi connectivity index (χ1) is 5.54. The van der Waals surface area contributed by atoms with Crippen LogP contribution in [0.5, 0.6) is 0 Å². The predicted octanol–water partition coefficient (Wildman–Crippen LogP) is 3.25. The van der Waals surface area contributed by atoms with E-state index in [9.17, 15) is 10.1 Å². The van der Waals surface area contributed by atoms with Gasteiger partial charge in [-0.15, -0.1) is 12.6 Å². The molecule has 0 fully saturated rings. The van der Waals surface area contributed by atoms with E-state index in [1.54, 1.807) is 12.1 Å². The molecule has 1 aromatic rings. The van der Waals surface area contributed by atoms with Crippen LogP contribution in [-0.2, 0) is 0 Å². The summed E-state index contributed by atoms with van der Waals surface area (Å²) in [4.78, 5) is 10.5. The topological polar surface area (TPSA) is 43.1 Å². The van der Waals surface area contributed by atoms with Crippen LogP contribution < -0.4 is 0 Å². The number of benzene rings is 1. The molecule has 0 saturated carbocycles. The highest BCUT2D eigenvalue weighted by Crippen LogP contribution is 2.34. The van der Waals surface area contributed by atoms with Crippen molar-refractivity contribution in [2.45, 2.75) is 4.90 Å². The molecule has 0 aromatic heterocycles. The summed E-state index contributed by atoms with van der Waals surface area (Å²) in [6, 6.07) is 3.40. The highest BCUT2D eigenvalue weighted by Gasteiger charge is 2.17. The van der Waals surface area contributed by atoms with Gasteiger partial charge in [0.2, 0.25) is 0 Å². The standard InChI is InChI=1S/C6H3BrINO2S/c7-3-1-2-4(8)6(12)5(3)9(10)11/h1-2,12H. The van der Waals surface area contributed by atoms with E-state index in [1.807, 2.05) is 22.6 Å². The first-order valence-electron chi connectivity index (χ1n) is 2.85. The second-order valence-corrected chi connectivity index (χ2v) is 4.45. The lowest BCUT2D eigenvalue weighted by atomic mass is 10.3. The molecule has 0 aliphatic heterocycles. The van der Waals surface area contributed by atoms with E-state index >= 15 is 0 Å². The van der Waals surface area contributed by atoms with Crippen molar-refractivity contribution in [1.82, 2.24) is 0 Å². The minimum absolute atomic E-state index is 0.0187. The molecule has 0 aliphatic carbocycles. The third-order valence-electron chi connectivity index (χ3n) is 1.24. The average Bonchev–Trinajstić information content (AvgIpc) is 1.97. The van der Waals surface area contributed by atoms with Crippen LogP contribution in [0.1, 0.15) is 0 Å². The van der Waals surface area contributed by atoms with Gasteiger partial charge in [0.1, 0.15) is 0 Å². The van der Waals surface area contributed by atoms with Crippen molar-refractivity contribution in [2.75, 3.05) is 0 Å². The van der Waals surface area contributed by atoms with E-state index in [-0.39, 0.29) is 5.69 Å². The van der Waals surface area contributed by atoms with Crippen molar-refractivity contribution >= 4 is 56.8 Å². The Kier molecular flexibility index (Phi) is 3.36. The minimum Gasteiger partial charge on any atom is -0.258 e. The third-order valence-corrected chi connectivity index (χ3v) is 3.65. The van der Waals surface area contributed by atoms with E-state index in [0.29, 0.717) is 9.37 Å². The Bertz CT molecular complexity index is 345. The maximum atomic E-state index is 10.5. The van der Waals surface area contributed by atoms with Gasteiger partial charge in [-0.05, 0) is 50.7 Å². The number of thiol groups is 1. The first-order valence-corrected chi connectivity index (χ1v) is 5.17. The molecule has 0 unspecified atom stereocenters. The van der Waals surface area contributed by atoms with Gasteiger partial charge in [-0.2, -0.15) is 0 Å². The highest BCUT2D eigenvalue weighted by atomic mass is 127. The molecule has 64 valence electrons. The number of nitro benzene ring substituents is 1. The van der Waals surface area contributed by atoms with Gasteiger partial charge in [-0.25, -0.2) is 0 Å². The fourth-order valence-electron chi connectivity index (χ4n) is 0.704. The zero-order valence-electron chi connectivity index (χ0n) is 5.62. The van der Waals surface area contributed by atoms with Crippen molar-refractivity contribution in [2.24, 2.45) is 0 Å². The molecule has 0 heterocycles. The lowest BCUT2D eigenvalue weighted by Gasteiger charge is -2.00. The van der Waals surface area contributed by atoms with Gasteiger partial charge >= 0.3 is 0 Å². The summed E-state index contributed by atoms with van der Waals surface area (Å²) < 4.78 is 1.23. The number of rotatable bonds is 1. The average molecular weight is 360 g/mol. The van der Waals surface area contributed by atoms with Gasteiger partial charge in [0.05, 0.1) is 14.3 Å². The fraction of sp³-hybridized carbons (Fsp3) is 0. The maximum Gasteiger partial charge on any atom is 0.297 e. The van der Waals surface area contributed by atoms with E-state index in [4.69, 9.17) is 0 Å². The molecular weight excluding hydrogens is 357 g/mol. The largest absolute Gasteiger partial charge is 0.297 e. The maximum absolute atomic E-state index is 10.5. The Morgan fingerprint density at radius 1 is 1.58 bits per heavy atom. The van der Waals surface area contributed by atoms with Gasteiger partial charge in [0.25, 0.3) is 5.69 Å². The third kappa shape index (κ3) is 1.91. The van der Waals surface area contributed by atoms with Crippen LogP contribution in [-0.4, -0.2) is 4.92 Å². The zero-order chi connectivity index (χ0) is 9.30. The summed E-state index contributed by atoms with van der Waals surface area (Å²) >= 11 is 9.13. The van der Waals surface area contributed by atoms with Crippen molar-refractivity contribution in [3.05, 3.63) is 30.3 Å². The van der Waals surface area contributed by atoms with E-state index in [1.165, 1.54) is 0 Å². The Labute approximate surface area is 96.4 Å². The lowest BCUT2D eigenvalue weighted by Crippen LogP contribution is -1.92. The summed E-state index contributed by atoms with van der Waals surface area (Å²) in [6.07, 6.45) is 0. The Morgan fingerprint density at radius 2 is 2.17 bits per heavy atom. The van der Waals surface area contributed by atoms with Crippen molar-refractivity contribution in [1.29, 1.82) is 0 Å². The smallest absolute Gasteiger partial charge is 0.258 e. The quantitative estimate of drug-likeness (QED) is 0.362. The van der Waals surface area contributed by atoms with Crippen LogP contribution in [0, 0.1) is 13.7 Å². The molecule has 3 nitrogen and oxygen atoms in total. The van der Waals surface area contributed by atoms with Crippen LogP contribution in [0.4, 0.5) is 5.69 Å². The molecule has 1 rings (SSSR count). The van der Waals surface area contributed by atoms with Crippen LogP contribution in [0.2, 0.25) is 0 Å². The molecule has 0 saturated heterocycles.